The molecule has 1 saturated heterocycles. The molecular formula is C26H28N4OS. The largest absolute Gasteiger partial charge is 0.350 e. The molecule has 0 saturated carbocycles. The van der Waals surface area contributed by atoms with Crippen molar-refractivity contribution < 1.29 is 4.79 Å². The maximum Gasteiger partial charge on any atom is 0.263 e. The first-order valence-corrected chi connectivity index (χ1v) is 12.1. The number of carbonyl (C=O) groups is 1. The van der Waals surface area contributed by atoms with Gasteiger partial charge in [-0.15, -0.1) is 11.3 Å². The zero-order valence-corrected chi connectivity index (χ0v) is 18.9. The molecular weight excluding hydrogens is 416 g/mol. The molecule has 1 aliphatic heterocycles. The summed E-state index contributed by atoms with van der Waals surface area (Å²) < 4.78 is 2.01. The highest BCUT2D eigenvalue weighted by atomic mass is 32.1. The topological polar surface area (TPSA) is 50.2 Å². The molecule has 5 nitrogen and oxygen atoms in total. The zero-order valence-electron chi connectivity index (χ0n) is 18.1. The van der Waals surface area contributed by atoms with Crippen molar-refractivity contribution in [2.45, 2.75) is 19.3 Å². The molecule has 1 fully saturated rings. The van der Waals surface area contributed by atoms with Crippen LogP contribution in [-0.4, -0.2) is 46.5 Å². The van der Waals surface area contributed by atoms with E-state index < -0.39 is 0 Å². The first-order valence-electron chi connectivity index (χ1n) is 11.3. The molecule has 1 aliphatic rings. The number of hydrogen-bond acceptors (Lipinski definition) is 4. The summed E-state index contributed by atoms with van der Waals surface area (Å²) in [4.78, 5) is 21.6. The van der Waals surface area contributed by atoms with Gasteiger partial charge in [-0.05, 0) is 68.1 Å². The summed E-state index contributed by atoms with van der Waals surface area (Å²) in [6, 6.07) is 18.7. The van der Waals surface area contributed by atoms with Gasteiger partial charge >= 0.3 is 0 Å². The van der Waals surface area contributed by atoms with Crippen LogP contribution in [0, 0.1) is 5.92 Å². The summed E-state index contributed by atoms with van der Waals surface area (Å²) >= 11 is 1.46. The Labute approximate surface area is 192 Å². The first kappa shape index (κ1) is 20.9. The lowest BCUT2D eigenvalue weighted by molar-refractivity contribution is 0.0948. The molecule has 1 amide bonds. The number of likely N-dealkylation sites (tertiary alicyclic amines) is 1. The Balaban J connectivity index is 1.16. The molecule has 0 unspecified atom stereocenters. The number of thiophene rings is 1. The second-order valence-electron chi connectivity index (χ2n) is 8.46. The third-order valence-electron chi connectivity index (χ3n) is 6.30. The Hall–Kier alpha value is -2.96. The summed E-state index contributed by atoms with van der Waals surface area (Å²) in [6.45, 7) is 3.77. The van der Waals surface area contributed by atoms with E-state index in [9.17, 15) is 4.79 Å². The second-order valence-corrected chi connectivity index (χ2v) is 9.46. The molecule has 4 heterocycles. The van der Waals surface area contributed by atoms with Gasteiger partial charge in [0.2, 0.25) is 0 Å². The van der Waals surface area contributed by atoms with Crippen LogP contribution in [0.4, 0.5) is 0 Å². The first-order chi connectivity index (χ1) is 15.8. The average Bonchev–Trinajstić information content (AvgIpc) is 3.48. The van der Waals surface area contributed by atoms with E-state index in [4.69, 9.17) is 0 Å². The lowest BCUT2D eigenvalue weighted by Crippen LogP contribution is -2.39. The third-order valence-corrected chi connectivity index (χ3v) is 7.40. The van der Waals surface area contributed by atoms with Gasteiger partial charge in [-0.1, -0.05) is 30.3 Å². The number of fused-ring (bicyclic) bond motifs is 1. The van der Waals surface area contributed by atoms with Crippen LogP contribution < -0.4 is 5.32 Å². The fourth-order valence-electron chi connectivity index (χ4n) is 4.58. The van der Waals surface area contributed by atoms with Gasteiger partial charge in [0.05, 0.1) is 5.69 Å². The van der Waals surface area contributed by atoms with E-state index in [1.165, 1.54) is 36.2 Å². The van der Waals surface area contributed by atoms with Crippen molar-refractivity contribution in [2.75, 3.05) is 26.2 Å². The number of aromatic nitrogens is 2. The quantitative estimate of drug-likeness (QED) is 0.447. The summed E-state index contributed by atoms with van der Waals surface area (Å²) in [5.74, 6) is 0.745. The second kappa shape index (κ2) is 9.67. The van der Waals surface area contributed by atoms with Crippen molar-refractivity contribution in [1.29, 1.82) is 0 Å². The van der Waals surface area contributed by atoms with Crippen LogP contribution in [0.15, 0.2) is 73.2 Å². The third kappa shape index (κ3) is 4.61. The molecule has 5 rings (SSSR count). The molecule has 0 aliphatic carbocycles. The SMILES string of the molecule is O=C(NCCN1CCC(Cc2ccccc2)CC1)c1sc2ncccc2c1-n1cccc1. The van der Waals surface area contributed by atoms with E-state index in [0.717, 1.165) is 46.3 Å². The number of nitrogens with one attached hydrogen (secondary N) is 1. The monoisotopic (exact) mass is 444 g/mol. The van der Waals surface area contributed by atoms with Crippen molar-refractivity contribution in [3.8, 4) is 5.69 Å². The maximum atomic E-state index is 13.1. The lowest BCUT2D eigenvalue weighted by atomic mass is 9.90. The molecule has 4 aromatic rings. The molecule has 0 radical (unpaired) electrons. The van der Waals surface area contributed by atoms with Crippen molar-refractivity contribution >= 4 is 27.5 Å². The van der Waals surface area contributed by atoms with E-state index in [-0.39, 0.29) is 5.91 Å². The Morgan fingerprint density at radius 1 is 1.03 bits per heavy atom. The van der Waals surface area contributed by atoms with Gasteiger partial charge < -0.3 is 14.8 Å². The van der Waals surface area contributed by atoms with E-state index >= 15 is 0 Å². The molecule has 1 aromatic carbocycles. The van der Waals surface area contributed by atoms with Crippen LogP contribution in [0.25, 0.3) is 15.9 Å². The lowest BCUT2D eigenvalue weighted by Gasteiger charge is -2.32. The van der Waals surface area contributed by atoms with Crippen LogP contribution in [0.5, 0.6) is 0 Å². The van der Waals surface area contributed by atoms with Crippen LogP contribution in [0.1, 0.15) is 28.1 Å². The minimum absolute atomic E-state index is 0.0179. The molecule has 0 spiro atoms. The van der Waals surface area contributed by atoms with E-state index in [0.29, 0.717) is 6.54 Å². The van der Waals surface area contributed by atoms with E-state index in [2.05, 4.69) is 45.5 Å². The zero-order chi connectivity index (χ0) is 21.8. The molecule has 0 atom stereocenters. The van der Waals surface area contributed by atoms with Gasteiger partial charge in [0.1, 0.15) is 9.71 Å². The molecule has 1 N–H and O–H groups in total. The van der Waals surface area contributed by atoms with E-state index in [1.54, 1.807) is 6.20 Å². The van der Waals surface area contributed by atoms with Crippen LogP contribution in [0.2, 0.25) is 0 Å². The average molecular weight is 445 g/mol. The van der Waals surface area contributed by atoms with Gasteiger partial charge in [-0.3, -0.25) is 4.79 Å². The summed E-state index contributed by atoms with van der Waals surface area (Å²) in [7, 11) is 0. The number of carbonyl (C=O) groups excluding carboxylic acids is 1. The van der Waals surface area contributed by atoms with Gasteiger partial charge in [-0.2, -0.15) is 0 Å². The smallest absolute Gasteiger partial charge is 0.263 e. The molecule has 6 heteroatoms. The molecule has 3 aromatic heterocycles. The van der Waals surface area contributed by atoms with Gasteiger partial charge in [0.15, 0.2) is 0 Å². The molecule has 164 valence electrons. The highest BCUT2D eigenvalue weighted by Crippen LogP contribution is 2.33. The Bertz CT molecular complexity index is 1160. The van der Waals surface area contributed by atoms with Crippen LogP contribution in [-0.2, 0) is 6.42 Å². The highest BCUT2D eigenvalue weighted by Gasteiger charge is 2.22. The normalized spacial score (nSPS) is 15.2. The fraction of sp³-hybridized carbons (Fsp3) is 0.308. The van der Waals surface area contributed by atoms with Crippen molar-refractivity contribution in [3.05, 3.63) is 83.6 Å². The molecule has 32 heavy (non-hydrogen) atoms. The van der Waals surface area contributed by atoms with Crippen LogP contribution in [0.3, 0.4) is 0 Å². The van der Waals surface area contributed by atoms with Crippen molar-refractivity contribution in [1.82, 2.24) is 19.8 Å². The van der Waals surface area contributed by atoms with Gasteiger partial charge in [0.25, 0.3) is 5.91 Å². The highest BCUT2D eigenvalue weighted by molar-refractivity contribution is 7.21. The fourth-order valence-corrected chi connectivity index (χ4v) is 5.64. The Morgan fingerprint density at radius 3 is 2.59 bits per heavy atom. The number of hydrogen-bond donors (Lipinski definition) is 1. The number of benzene rings is 1. The minimum Gasteiger partial charge on any atom is -0.350 e. The van der Waals surface area contributed by atoms with E-state index in [1.807, 2.05) is 41.2 Å². The van der Waals surface area contributed by atoms with Gasteiger partial charge in [0, 0.05) is 37.1 Å². The summed E-state index contributed by atoms with van der Waals surface area (Å²) in [5, 5.41) is 4.16. The number of amides is 1. The minimum atomic E-state index is -0.0179. The number of pyridine rings is 1. The Kier molecular flexibility index (Phi) is 6.32. The number of piperidine rings is 1. The summed E-state index contributed by atoms with van der Waals surface area (Å²) in [5.41, 5.74) is 2.36. The number of rotatable bonds is 7. The van der Waals surface area contributed by atoms with Crippen LogP contribution >= 0.6 is 11.3 Å². The standard InChI is InChI=1S/C26H28N4OS/c31-25(24-23(30-14-4-5-15-30)22-9-6-12-28-26(22)32-24)27-13-18-29-16-10-21(11-17-29)19-20-7-2-1-3-8-20/h1-9,12,14-15,21H,10-11,13,16-19H2,(H,27,31). The van der Waals surface area contributed by atoms with Crippen molar-refractivity contribution in [2.24, 2.45) is 5.92 Å². The molecule has 0 bridgehead atoms. The number of nitrogens with zero attached hydrogens (tertiary/aromatic N) is 3. The van der Waals surface area contributed by atoms with Gasteiger partial charge in [-0.25, -0.2) is 4.98 Å². The maximum absolute atomic E-state index is 13.1. The Morgan fingerprint density at radius 2 is 1.81 bits per heavy atom. The predicted octanol–water partition coefficient (Wildman–Crippen LogP) is 4.77. The predicted molar refractivity (Wildman–Crippen MR) is 131 cm³/mol. The summed E-state index contributed by atoms with van der Waals surface area (Å²) in [6.07, 6.45) is 9.36. The van der Waals surface area contributed by atoms with Crippen molar-refractivity contribution in [3.63, 3.8) is 0 Å².